The largest absolute Gasteiger partial charge is 0.497 e. The van der Waals surface area contributed by atoms with Crippen LogP contribution < -0.4 is 10.1 Å². The van der Waals surface area contributed by atoms with E-state index in [1.54, 1.807) is 12.0 Å². The average molecular weight is 366 g/mol. The number of fused-ring (bicyclic) bond motifs is 1. The lowest BCUT2D eigenvalue weighted by molar-refractivity contribution is -0.140. The van der Waals surface area contributed by atoms with E-state index in [9.17, 15) is 9.59 Å². The van der Waals surface area contributed by atoms with E-state index in [1.807, 2.05) is 55.5 Å². The van der Waals surface area contributed by atoms with E-state index in [1.165, 1.54) is 6.92 Å². The summed E-state index contributed by atoms with van der Waals surface area (Å²) in [4.78, 5) is 27.0. The van der Waals surface area contributed by atoms with Gasteiger partial charge in [-0.05, 0) is 41.7 Å². The van der Waals surface area contributed by atoms with Gasteiger partial charge in [-0.3, -0.25) is 9.59 Å². The smallest absolute Gasteiger partial charge is 0.247 e. The Morgan fingerprint density at radius 3 is 2.52 bits per heavy atom. The van der Waals surface area contributed by atoms with Crippen molar-refractivity contribution >= 4 is 11.8 Å². The van der Waals surface area contributed by atoms with Crippen LogP contribution in [0.2, 0.25) is 0 Å². The summed E-state index contributed by atoms with van der Waals surface area (Å²) in [6.45, 7) is 4.12. The Morgan fingerprint density at radius 1 is 1.19 bits per heavy atom. The molecule has 5 nitrogen and oxygen atoms in total. The summed E-state index contributed by atoms with van der Waals surface area (Å²) in [6, 6.07) is 14.9. The van der Waals surface area contributed by atoms with Crippen molar-refractivity contribution in [3.63, 3.8) is 0 Å². The van der Waals surface area contributed by atoms with Crippen LogP contribution in [0.3, 0.4) is 0 Å². The van der Waals surface area contributed by atoms with Crippen molar-refractivity contribution in [1.29, 1.82) is 0 Å². The molecular formula is C22H26N2O3. The summed E-state index contributed by atoms with van der Waals surface area (Å²) in [5.74, 6) is 0.561. The Kier molecular flexibility index (Phi) is 5.79. The molecule has 142 valence electrons. The van der Waals surface area contributed by atoms with Crippen LogP contribution in [0.4, 0.5) is 0 Å². The lowest BCUT2D eigenvalue weighted by Gasteiger charge is -2.36. The molecule has 1 N–H and O–H groups in total. The van der Waals surface area contributed by atoms with Crippen LogP contribution >= 0.6 is 0 Å². The van der Waals surface area contributed by atoms with Crippen LogP contribution in [-0.4, -0.2) is 30.4 Å². The highest BCUT2D eigenvalue weighted by Crippen LogP contribution is 2.31. The van der Waals surface area contributed by atoms with Crippen LogP contribution in [0.15, 0.2) is 48.5 Å². The third-order valence-electron chi connectivity index (χ3n) is 5.18. The summed E-state index contributed by atoms with van der Waals surface area (Å²) >= 11 is 0. The van der Waals surface area contributed by atoms with E-state index >= 15 is 0 Å². The molecule has 0 aromatic heterocycles. The maximum Gasteiger partial charge on any atom is 0.247 e. The van der Waals surface area contributed by atoms with Crippen LogP contribution in [0.25, 0.3) is 0 Å². The second kappa shape index (κ2) is 8.25. The molecule has 2 aromatic rings. The fourth-order valence-electron chi connectivity index (χ4n) is 3.70. The van der Waals surface area contributed by atoms with Crippen molar-refractivity contribution in [3.05, 3.63) is 65.2 Å². The number of nitrogens with one attached hydrogen (secondary N) is 1. The summed E-state index contributed by atoms with van der Waals surface area (Å²) in [5, 5.41) is 3.14. The third kappa shape index (κ3) is 3.97. The standard InChI is InChI=1S/C22H26N2O3/c1-4-20(17-9-11-18(27-3)12-10-17)23-22(26)21-19-8-6-5-7-16(19)13-14-24(21)15(2)25/h5-12,20-21H,4,13-14H2,1-3H3,(H,23,26)/t20-,21-/m1/s1. The van der Waals surface area contributed by atoms with Crippen molar-refractivity contribution in [2.75, 3.05) is 13.7 Å². The molecule has 2 atom stereocenters. The molecule has 2 aromatic carbocycles. The molecule has 0 bridgehead atoms. The lowest BCUT2D eigenvalue weighted by Crippen LogP contribution is -2.47. The Balaban J connectivity index is 1.86. The van der Waals surface area contributed by atoms with Gasteiger partial charge in [0, 0.05) is 13.5 Å². The molecule has 0 radical (unpaired) electrons. The molecule has 0 saturated heterocycles. The van der Waals surface area contributed by atoms with E-state index < -0.39 is 6.04 Å². The second-order valence-electron chi connectivity index (χ2n) is 6.81. The van der Waals surface area contributed by atoms with E-state index in [0.717, 1.165) is 35.3 Å². The van der Waals surface area contributed by atoms with Crippen LogP contribution in [0.5, 0.6) is 5.75 Å². The van der Waals surface area contributed by atoms with Crippen molar-refractivity contribution < 1.29 is 14.3 Å². The van der Waals surface area contributed by atoms with Crippen molar-refractivity contribution in [2.24, 2.45) is 0 Å². The fraction of sp³-hybridized carbons (Fsp3) is 0.364. The highest BCUT2D eigenvalue weighted by atomic mass is 16.5. The number of methoxy groups -OCH3 is 1. The van der Waals surface area contributed by atoms with Crippen LogP contribution in [-0.2, 0) is 16.0 Å². The maximum absolute atomic E-state index is 13.2. The lowest BCUT2D eigenvalue weighted by atomic mass is 9.91. The van der Waals surface area contributed by atoms with E-state index in [0.29, 0.717) is 6.54 Å². The molecule has 1 heterocycles. The molecule has 27 heavy (non-hydrogen) atoms. The molecule has 0 saturated carbocycles. The second-order valence-corrected chi connectivity index (χ2v) is 6.81. The zero-order chi connectivity index (χ0) is 19.4. The Hall–Kier alpha value is -2.82. The Morgan fingerprint density at radius 2 is 1.89 bits per heavy atom. The van der Waals surface area contributed by atoms with Crippen molar-refractivity contribution in [1.82, 2.24) is 10.2 Å². The van der Waals surface area contributed by atoms with Crippen LogP contribution in [0, 0.1) is 0 Å². The molecule has 5 heteroatoms. The minimum atomic E-state index is -0.584. The van der Waals surface area contributed by atoms with Gasteiger partial charge >= 0.3 is 0 Å². The Bertz CT molecular complexity index is 817. The quantitative estimate of drug-likeness (QED) is 0.882. The van der Waals surface area contributed by atoms with Crippen molar-refractivity contribution in [2.45, 2.75) is 38.8 Å². The number of carbonyl (C=O) groups is 2. The topological polar surface area (TPSA) is 58.6 Å². The molecule has 1 aliphatic heterocycles. The number of hydrogen-bond donors (Lipinski definition) is 1. The summed E-state index contributed by atoms with van der Waals surface area (Å²) < 4.78 is 5.21. The van der Waals surface area contributed by atoms with E-state index in [-0.39, 0.29) is 17.9 Å². The van der Waals surface area contributed by atoms with E-state index in [4.69, 9.17) is 4.74 Å². The zero-order valence-electron chi connectivity index (χ0n) is 16.1. The number of rotatable bonds is 5. The maximum atomic E-state index is 13.2. The number of hydrogen-bond acceptors (Lipinski definition) is 3. The number of amides is 2. The predicted molar refractivity (Wildman–Crippen MR) is 104 cm³/mol. The number of benzene rings is 2. The molecule has 3 rings (SSSR count). The SMILES string of the molecule is CC[C@@H](NC(=O)[C@H]1c2ccccc2CCN1C(C)=O)c1ccc(OC)cc1. The number of carbonyl (C=O) groups excluding carboxylic acids is 2. The minimum Gasteiger partial charge on any atom is -0.497 e. The third-order valence-corrected chi connectivity index (χ3v) is 5.18. The molecular weight excluding hydrogens is 340 g/mol. The van der Waals surface area contributed by atoms with Crippen molar-refractivity contribution in [3.8, 4) is 5.75 Å². The van der Waals surface area contributed by atoms with Gasteiger partial charge < -0.3 is 15.0 Å². The molecule has 0 fully saturated rings. The van der Waals surface area contributed by atoms with Gasteiger partial charge in [0.05, 0.1) is 13.2 Å². The molecule has 2 amide bonds. The van der Waals surface area contributed by atoms with Gasteiger partial charge in [0.2, 0.25) is 11.8 Å². The summed E-state index contributed by atoms with van der Waals surface area (Å²) in [7, 11) is 1.63. The number of ether oxygens (including phenoxy) is 1. The molecule has 0 spiro atoms. The predicted octanol–water partition coefficient (Wildman–Crippen LogP) is 3.41. The van der Waals surface area contributed by atoms with Gasteiger partial charge in [-0.15, -0.1) is 0 Å². The summed E-state index contributed by atoms with van der Waals surface area (Å²) in [5.41, 5.74) is 3.07. The fourth-order valence-corrected chi connectivity index (χ4v) is 3.70. The normalized spacial score (nSPS) is 17.0. The first-order valence-corrected chi connectivity index (χ1v) is 9.34. The van der Waals surface area contributed by atoms with Gasteiger partial charge in [0.15, 0.2) is 0 Å². The zero-order valence-corrected chi connectivity index (χ0v) is 16.1. The van der Waals surface area contributed by atoms with Crippen LogP contribution in [0.1, 0.15) is 49.0 Å². The minimum absolute atomic E-state index is 0.0813. The highest BCUT2D eigenvalue weighted by molar-refractivity contribution is 5.89. The van der Waals surface area contributed by atoms with Gasteiger partial charge in [-0.2, -0.15) is 0 Å². The highest BCUT2D eigenvalue weighted by Gasteiger charge is 2.35. The monoisotopic (exact) mass is 366 g/mol. The Labute approximate surface area is 160 Å². The van der Waals surface area contributed by atoms with E-state index in [2.05, 4.69) is 5.32 Å². The molecule has 0 aliphatic carbocycles. The van der Waals surface area contributed by atoms with Gasteiger partial charge in [0.1, 0.15) is 11.8 Å². The van der Waals surface area contributed by atoms with Gasteiger partial charge in [0.25, 0.3) is 0 Å². The van der Waals surface area contributed by atoms with Gasteiger partial charge in [-0.25, -0.2) is 0 Å². The first-order chi connectivity index (χ1) is 13.0. The first-order valence-electron chi connectivity index (χ1n) is 9.34. The molecule has 1 aliphatic rings. The summed E-state index contributed by atoms with van der Waals surface area (Å²) in [6.07, 6.45) is 1.53. The van der Waals surface area contributed by atoms with Gasteiger partial charge in [-0.1, -0.05) is 43.3 Å². The number of nitrogens with zero attached hydrogens (tertiary/aromatic N) is 1. The average Bonchev–Trinajstić information content (AvgIpc) is 2.70. The molecule has 0 unspecified atom stereocenters. The first kappa shape index (κ1) is 19.0.